The van der Waals surface area contributed by atoms with Crippen molar-refractivity contribution in [1.82, 2.24) is 9.80 Å². The Morgan fingerprint density at radius 1 is 1.00 bits per heavy atom. The molecule has 10 heteroatoms. The Hall–Kier alpha value is -2.78. The van der Waals surface area contributed by atoms with E-state index >= 15 is 0 Å². The SMILES string of the molecule is O=C(CN1CCN(C(=O)CNc2cccc(C(F)(F)F)c2)CC1)Nc1ccccc1Cl. The van der Waals surface area contributed by atoms with Crippen LogP contribution in [-0.4, -0.2) is 60.9 Å². The van der Waals surface area contributed by atoms with Gasteiger partial charge in [0.05, 0.1) is 29.4 Å². The third-order valence-electron chi connectivity index (χ3n) is 4.87. The molecule has 0 aromatic heterocycles. The predicted octanol–water partition coefficient (Wildman–Crippen LogP) is 3.55. The standard InChI is InChI=1S/C21H22ClF3N4O2/c22-17-6-1-2-7-18(17)27-19(30)14-28-8-10-29(11-9-28)20(31)13-26-16-5-3-4-15(12-16)21(23,24)25/h1-7,12,26H,8-11,13-14H2,(H,27,30). The number of para-hydroxylation sites is 1. The fourth-order valence-electron chi connectivity index (χ4n) is 3.21. The first-order valence-corrected chi connectivity index (χ1v) is 10.1. The number of amides is 2. The molecule has 1 aliphatic rings. The van der Waals surface area contributed by atoms with Crippen LogP contribution in [0.4, 0.5) is 24.5 Å². The fourth-order valence-corrected chi connectivity index (χ4v) is 3.39. The first-order valence-electron chi connectivity index (χ1n) is 9.68. The van der Waals surface area contributed by atoms with E-state index in [-0.39, 0.29) is 30.6 Å². The number of carbonyl (C=O) groups is 2. The zero-order valence-electron chi connectivity index (χ0n) is 16.6. The van der Waals surface area contributed by atoms with Crippen LogP contribution in [0, 0.1) is 0 Å². The lowest BCUT2D eigenvalue weighted by Gasteiger charge is -2.34. The van der Waals surface area contributed by atoms with Gasteiger partial charge in [-0.1, -0.05) is 29.8 Å². The Morgan fingerprint density at radius 3 is 2.39 bits per heavy atom. The molecule has 0 radical (unpaired) electrons. The molecular formula is C21H22ClF3N4O2. The summed E-state index contributed by atoms with van der Waals surface area (Å²) in [6.07, 6.45) is -4.43. The van der Waals surface area contributed by atoms with Crippen LogP contribution >= 0.6 is 11.6 Å². The van der Waals surface area contributed by atoms with Crippen molar-refractivity contribution < 1.29 is 22.8 Å². The molecule has 2 amide bonds. The summed E-state index contributed by atoms with van der Waals surface area (Å²) in [5, 5.41) is 5.97. The molecule has 1 fully saturated rings. The van der Waals surface area contributed by atoms with E-state index in [4.69, 9.17) is 11.6 Å². The number of anilines is 2. The maximum Gasteiger partial charge on any atom is 0.416 e. The molecule has 31 heavy (non-hydrogen) atoms. The Labute approximate surface area is 183 Å². The molecule has 2 aromatic rings. The van der Waals surface area contributed by atoms with Crippen molar-refractivity contribution >= 4 is 34.8 Å². The molecule has 166 valence electrons. The highest BCUT2D eigenvalue weighted by molar-refractivity contribution is 6.33. The van der Waals surface area contributed by atoms with Gasteiger partial charge in [0.15, 0.2) is 0 Å². The Morgan fingerprint density at radius 2 is 1.71 bits per heavy atom. The number of nitrogens with zero attached hydrogens (tertiary/aromatic N) is 2. The first-order chi connectivity index (χ1) is 14.7. The van der Waals surface area contributed by atoms with Crippen molar-refractivity contribution in [1.29, 1.82) is 0 Å². The number of nitrogens with one attached hydrogen (secondary N) is 2. The van der Waals surface area contributed by atoms with Crippen LogP contribution in [0.1, 0.15) is 5.56 Å². The largest absolute Gasteiger partial charge is 0.416 e. The Balaban J connectivity index is 1.42. The van der Waals surface area contributed by atoms with Crippen LogP contribution in [0.2, 0.25) is 5.02 Å². The number of piperazine rings is 1. The summed E-state index contributed by atoms with van der Waals surface area (Å²) in [4.78, 5) is 28.2. The predicted molar refractivity (Wildman–Crippen MR) is 113 cm³/mol. The van der Waals surface area contributed by atoms with Crippen molar-refractivity contribution in [2.45, 2.75) is 6.18 Å². The van der Waals surface area contributed by atoms with E-state index in [9.17, 15) is 22.8 Å². The van der Waals surface area contributed by atoms with Gasteiger partial charge in [-0.25, -0.2) is 0 Å². The van der Waals surface area contributed by atoms with Gasteiger partial charge >= 0.3 is 6.18 Å². The Kier molecular flexibility index (Phi) is 7.40. The molecule has 1 saturated heterocycles. The molecule has 0 atom stereocenters. The van der Waals surface area contributed by atoms with Crippen LogP contribution in [0.5, 0.6) is 0 Å². The topological polar surface area (TPSA) is 64.7 Å². The molecule has 2 aromatic carbocycles. The van der Waals surface area contributed by atoms with Gasteiger partial charge in [-0.05, 0) is 30.3 Å². The molecule has 0 aliphatic carbocycles. The van der Waals surface area contributed by atoms with E-state index < -0.39 is 11.7 Å². The minimum absolute atomic E-state index is 0.103. The van der Waals surface area contributed by atoms with Gasteiger partial charge in [-0.15, -0.1) is 0 Å². The minimum atomic E-state index is -4.43. The van der Waals surface area contributed by atoms with E-state index in [2.05, 4.69) is 10.6 Å². The van der Waals surface area contributed by atoms with Crippen LogP contribution < -0.4 is 10.6 Å². The highest BCUT2D eigenvalue weighted by Crippen LogP contribution is 2.30. The number of rotatable bonds is 6. The second-order valence-corrected chi connectivity index (χ2v) is 7.52. The summed E-state index contributed by atoms with van der Waals surface area (Å²) < 4.78 is 38.4. The van der Waals surface area contributed by atoms with E-state index in [1.807, 2.05) is 4.90 Å². The number of hydrogen-bond donors (Lipinski definition) is 2. The number of hydrogen-bond acceptors (Lipinski definition) is 4. The smallest absolute Gasteiger partial charge is 0.376 e. The van der Waals surface area contributed by atoms with Crippen LogP contribution in [0.3, 0.4) is 0 Å². The summed E-state index contributed by atoms with van der Waals surface area (Å²) in [5.74, 6) is -0.406. The van der Waals surface area contributed by atoms with Crippen LogP contribution in [0.25, 0.3) is 0 Å². The summed E-state index contributed by atoms with van der Waals surface area (Å²) in [6, 6.07) is 11.7. The van der Waals surface area contributed by atoms with E-state index in [1.165, 1.54) is 12.1 Å². The van der Waals surface area contributed by atoms with Crippen molar-refractivity contribution in [2.75, 3.05) is 49.9 Å². The lowest BCUT2D eigenvalue weighted by molar-refractivity contribution is -0.137. The second-order valence-electron chi connectivity index (χ2n) is 7.12. The van der Waals surface area contributed by atoms with Crippen LogP contribution in [0.15, 0.2) is 48.5 Å². The average molecular weight is 455 g/mol. The van der Waals surface area contributed by atoms with Crippen molar-refractivity contribution in [3.8, 4) is 0 Å². The number of halogens is 4. The van der Waals surface area contributed by atoms with Gasteiger partial charge < -0.3 is 15.5 Å². The van der Waals surface area contributed by atoms with Gasteiger partial charge in [0.25, 0.3) is 0 Å². The van der Waals surface area contributed by atoms with E-state index in [1.54, 1.807) is 29.2 Å². The third kappa shape index (κ3) is 6.60. The molecule has 3 rings (SSSR count). The normalized spacial score (nSPS) is 14.9. The van der Waals surface area contributed by atoms with Crippen molar-refractivity contribution in [3.05, 3.63) is 59.1 Å². The van der Waals surface area contributed by atoms with E-state index in [0.717, 1.165) is 12.1 Å². The molecule has 6 nitrogen and oxygen atoms in total. The summed E-state index contributed by atoms with van der Waals surface area (Å²) in [7, 11) is 0. The maximum absolute atomic E-state index is 12.8. The highest BCUT2D eigenvalue weighted by atomic mass is 35.5. The zero-order valence-corrected chi connectivity index (χ0v) is 17.3. The number of alkyl halides is 3. The molecule has 0 spiro atoms. The summed E-state index contributed by atoms with van der Waals surface area (Å²) in [6.45, 7) is 1.98. The lowest BCUT2D eigenvalue weighted by Crippen LogP contribution is -2.51. The summed E-state index contributed by atoms with van der Waals surface area (Å²) in [5.41, 5.74) is 0.00957. The molecule has 1 heterocycles. The second kappa shape index (κ2) is 10.0. The van der Waals surface area contributed by atoms with E-state index in [0.29, 0.717) is 36.9 Å². The highest BCUT2D eigenvalue weighted by Gasteiger charge is 2.30. The van der Waals surface area contributed by atoms with Crippen molar-refractivity contribution in [3.63, 3.8) is 0 Å². The number of benzene rings is 2. The first kappa shape index (κ1) is 22.9. The van der Waals surface area contributed by atoms with Gasteiger partial charge in [0.2, 0.25) is 11.8 Å². The quantitative estimate of drug-likeness (QED) is 0.700. The molecule has 0 saturated carbocycles. The monoisotopic (exact) mass is 454 g/mol. The molecule has 2 N–H and O–H groups in total. The Bertz CT molecular complexity index is 931. The lowest BCUT2D eigenvalue weighted by atomic mass is 10.2. The van der Waals surface area contributed by atoms with Gasteiger partial charge in [-0.2, -0.15) is 13.2 Å². The van der Waals surface area contributed by atoms with Crippen molar-refractivity contribution in [2.24, 2.45) is 0 Å². The average Bonchev–Trinajstić information content (AvgIpc) is 2.74. The third-order valence-corrected chi connectivity index (χ3v) is 5.20. The maximum atomic E-state index is 12.8. The van der Waals surface area contributed by atoms with Gasteiger partial charge in [-0.3, -0.25) is 14.5 Å². The van der Waals surface area contributed by atoms with Gasteiger partial charge in [0.1, 0.15) is 0 Å². The molecule has 0 unspecified atom stereocenters. The minimum Gasteiger partial charge on any atom is -0.376 e. The molecule has 1 aliphatic heterocycles. The van der Waals surface area contributed by atoms with Crippen LogP contribution in [-0.2, 0) is 15.8 Å². The van der Waals surface area contributed by atoms with Gasteiger partial charge in [0, 0.05) is 31.9 Å². The fraction of sp³-hybridized carbons (Fsp3) is 0.333. The molecule has 0 bridgehead atoms. The zero-order chi connectivity index (χ0) is 22.4. The number of carbonyl (C=O) groups excluding carboxylic acids is 2. The molecular weight excluding hydrogens is 433 g/mol. The summed E-state index contributed by atoms with van der Waals surface area (Å²) >= 11 is 6.04.